The van der Waals surface area contributed by atoms with E-state index < -0.39 is 11.6 Å². The third-order valence-corrected chi connectivity index (χ3v) is 4.46. The van der Waals surface area contributed by atoms with Gasteiger partial charge in [0.15, 0.2) is 0 Å². The highest BCUT2D eigenvalue weighted by atomic mass is 16.3. The van der Waals surface area contributed by atoms with Crippen molar-refractivity contribution in [1.29, 1.82) is 0 Å². The van der Waals surface area contributed by atoms with E-state index in [1.54, 1.807) is 12.4 Å². The van der Waals surface area contributed by atoms with E-state index in [0.717, 1.165) is 31.5 Å². The van der Waals surface area contributed by atoms with Gasteiger partial charge in [0, 0.05) is 12.4 Å². The molecule has 4 heterocycles. The van der Waals surface area contributed by atoms with Crippen LogP contribution in [0.1, 0.15) is 18.4 Å². The minimum Gasteiger partial charge on any atom is -0.394 e. The molecule has 0 saturated carbocycles. The second-order valence-electron chi connectivity index (χ2n) is 5.09. The van der Waals surface area contributed by atoms with Gasteiger partial charge in [0.1, 0.15) is 0 Å². The number of fused-ring (bicyclic) bond motifs is 3. The monoisotopic (exact) mass is 234 g/mol. The Morgan fingerprint density at radius 2 is 1.94 bits per heavy atom. The summed E-state index contributed by atoms with van der Waals surface area (Å²) in [5, 5.41) is 20.4. The van der Waals surface area contributed by atoms with E-state index in [9.17, 15) is 10.2 Å². The van der Waals surface area contributed by atoms with Crippen molar-refractivity contribution in [1.82, 2.24) is 9.88 Å². The number of pyridine rings is 1. The zero-order valence-corrected chi connectivity index (χ0v) is 9.79. The molecule has 3 saturated heterocycles. The quantitative estimate of drug-likeness (QED) is 0.775. The van der Waals surface area contributed by atoms with Crippen LogP contribution in [0.2, 0.25) is 0 Å². The fraction of sp³-hybridized carbons (Fsp3) is 0.615. The topological polar surface area (TPSA) is 56.6 Å². The molecule has 2 bridgehead atoms. The van der Waals surface area contributed by atoms with Crippen molar-refractivity contribution in [2.75, 3.05) is 19.7 Å². The lowest BCUT2D eigenvalue weighted by atomic mass is 9.69. The molecule has 3 fully saturated rings. The van der Waals surface area contributed by atoms with Gasteiger partial charge < -0.3 is 10.2 Å². The van der Waals surface area contributed by atoms with Gasteiger partial charge in [-0.2, -0.15) is 0 Å². The molecule has 2 atom stereocenters. The lowest BCUT2D eigenvalue weighted by molar-refractivity contribution is -0.158. The Balaban J connectivity index is 2.07. The van der Waals surface area contributed by atoms with Crippen molar-refractivity contribution >= 4 is 0 Å². The van der Waals surface area contributed by atoms with Gasteiger partial charge >= 0.3 is 0 Å². The summed E-state index contributed by atoms with van der Waals surface area (Å²) in [6.45, 7) is 1.89. The molecule has 0 radical (unpaired) electrons. The molecular weight excluding hydrogens is 216 g/mol. The van der Waals surface area contributed by atoms with Gasteiger partial charge in [-0.15, -0.1) is 0 Å². The van der Waals surface area contributed by atoms with Crippen LogP contribution >= 0.6 is 0 Å². The standard InChI is InChI=1S/C13H18N2O2/c16-9-13(11-1-5-14-6-2-11)12(17)10-3-7-15(13)8-4-10/h1-2,5-6,10,12,16-17H,3-4,7-9H2. The van der Waals surface area contributed by atoms with E-state index in [1.165, 1.54) is 0 Å². The van der Waals surface area contributed by atoms with Gasteiger partial charge in [-0.3, -0.25) is 9.88 Å². The van der Waals surface area contributed by atoms with Gasteiger partial charge in [-0.05, 0) is 49.5 Å². The van der Waals surface area contributed by atoms with Gasteiger partial charge in [-0.1, -0.05) is 0 Å². The Morgan fingerprint density at radius 3 is 2.47 bits per heavy atom. The van der Waals surface area contributed by atoms with E-state index in [4.69, 9.17) is 0 Å². The molecule has 2 unspecified atom stereocenters. The Labute approximate surface area is 101 Å². The summed E-state index contributed by atoms with van der Waals surface area (Å²) in [5.74, 6) is 0.320. The highest BCUT2D eigenvalue weighted by molar-refractivity contribution is 5.27. The molecule has 0 aromatic carbocycles. The first-order valence-corrected chi connectivity index (χ1v) is 6.23. The highest BCUT2D eigenvalue weighted by Crippen LogP contribution is 2.45. The van der Waals surface area contributed by atoms with Crippen LogP contribution in [0.25, 0.3) is 0 Å². The van der Waals surface area contributed by atoms with Crippen molar-refractivity contribution in [2.24, 2.45) is 5.92 Å². The molecule has 4 nitrogen and oxygen atoms in total. The number of aliphatic hydroxyl groups is 2. The van der Waals surface area contributed by atoms with Crippen molar-refractivity contribution < 1.29 is 10.2 Å². The van der Waals surface area contributed by atoms with Crippen LogP contribution in [-0.4, -0.2) is 45.9 Å². The fourth-order valence-corrected chi connectivity index (χ4v) is 3.47. The first-order valence-electron chi connectivity index (χ1n) is 6.23. The van der Waals surface area contributed by atoms with E-state index in [-0.39, 0.29) is 6.61 Å². The molecule has 1 aromatic heterocycles. The normalized spacial score (nSPS) is 40.5. The Hall–Kier alpha value is -0.970. The number of nitrogens with zero attached hydrogens (tertiary/aromatic N) is 2. The van der Waals surface area contributed by atoms with Crippen LogP contribution in [0.4, 0.5) is 0 Å². The number of hydrogen-bond acceptors (Lipinski definition) is 4. The summed E-state index contributed by atoms with van der Waals surface area (Å²) < 4.78 is 0. The van der Waals surface area contributed by atoms with E-state index in [2.05, 4.69) is 9.88 Å². The highest BCUT2D eigenvalue weighted by Gasteiger charge is 2.53. The molecule has 1 aromatic rings. The van der Waals surface area contributed by atoms with E-state index in [1.807, 2.05) is 12.1 Å². The third-order valence-electron chi connectivity index (χ3n) is 4.46. The number of rotatable bonds is 2. The molecule has 0 aliphatic carbocycles. The summed E-state index contributed by atoms with van der Waals surface area (Å²) in [5.41, 5.74) is 0.372. The zero-order valence-electron chi connectivity index (χ0n) is 9.79. The Kier molecular flexibility index (Phi) is 2.65. The van der Waals surface area contributed by atoms with Crippen molar-refractivity contribution in [2.45, 2.75) is 24.5 Å². The van der Waals surface area contributed by atoms with Crippen LogP contribution in [-0.2, 0) is 5.54 Å². The number of hydrogen-bond donors (Lipinski definition) is 2. The summed E-state index contributed by atoms with van der Waals surface area (Å²) >= 11 is 0. The first kappa shape index (κ1) is 11.1. The van der Waals surface area contributed by atoms with E-state index >= 15 is 0 Å². The van der Waals surface area contributed by atoms with Crippen LogP contribution in [0, 0.1) is 5.92 Å². The largest absolute Gasteiger partial charge is 0.394 e. The fourth-order valence-electron chi connectivity index (χ4n) is 3.47. The predicted molar refractivity (Wildman–Crippen MR) is 63.3 cm³/mol. The lowest BCUT2D eigenvalue weighted by Gasteiger charge is -2.56. The van der Waals surface area contributed by atoms with Crippen LogP contribution < -0.4 is 0 Å². The van der Waals surface area contributed by atoms with Gasteiger partial charge in [0.2, 0.25) is 0 Å². The molecule has 17 heavy (non-hydrogen) atoms. The van der Waals surface area contributed by atoms with Gasteiger partial charge in [0.05, 0.1) is 18.2 Å². The van der Waals surface area contributed by atoms with Crippen molar-refractivity contribution in [3.63, 3.8) is 0 Å². The Bertz CT molecular complexity index is 386. The van der Waals surface area contributed by atoms with E-state index in [0.29, 0.717) is 5.92 Å². The minimum absolute atomic E-state index is 0.0331. The number of aromatic nitrogens is 1. The maximum absolute atomic E-state index is 10.5. The van der Waals surface area contributed by atoms with Gasteiger partial charge in [-0.25, -0.2) is 0 Å². The number of aliphatic hydroxyl groups excluding tert-OH is 2. The SMILES string of the molecule is OCC1(c2ccncc2)C(O)C2CCN1CC2. The summed E-state index contributed by atoms with van der Waals surface area (Å²) in [7, 11) is 0. The summed E-state index contributed by atoms with van der Waals surface area (Å²) in [4.78, 5) is 6.24. The van der Waals surface area contributed by atoms with Crippen LogP contribution in [0.3, 0.4) is 0 Å². The second-order valence-corrected chi connectivity index (χ2v) is 5.09. The molecule has 2 N–H and O–H groups in total. The molecule has 0 amide bonds. The predicted octanol–water partition coefficient (Wildman–Crippen LogP) is 0.356. The van der Waals surface area contributed by atoms with Crippen molar-refractivity contribution in [3.05, 3.63) is 30.1 Å². The minimum atomic E-state index is -0.607. The molecule has 3 aliphatic heterocycles. The molecular formula is C13H18N2O2. The summed E-state index contributed by atoms with van der Waals surface area (Å²) in [6.07, 6.45) is 5.05. The lowest BCUT2D eigenvalue weighted by Crippen LogP contribution is -2.66. The first-order chi connectivity index (χ1) is 8.29. The molecule has 92 valence electrons. The maximum Gasteiger partial charge on any atom is 0.0960 e. The summed E-state index contributed by atoms with van der Waals surface area (Å²) in [6, 6.07) is 3.81. The van der Waals surface area contributed by atoms with Crippen LogP contribution in [0.5, 0.6) is 0 Å². The van der Waals surface area contributed by atoms with Crippen molar-refractivity contribution in [3.8, 4) is 0 Å². The number of piperidine rings is 3. The molecule has 3 aliphatic rings. The Morgan fingerprint density at radius 1 is 1.29 bits per heavy atom. The van der Waals surface area contributed by atoms with Crippen LogP contribution in [0.15, 0.2) is 24.5 Å². The second kappa shape index (κ2) is 4.05. The average molecular weight is 234 g/mol. The molecule has 4 heteroatoms. The third kappa shape index (κ3) is 1.44. The maximum atomic E-state index is 10.5. The average Bonchev–Trinajstić information content (AvgIpc) is 2.42. The zero-order chi connectivity index (χ0) is 11.9. The smallest absolute Gasteiger partial charge is 0.0960 e. The molecule has 4 rings (SSSR count). The molecule has 0 spiro atoms. The van der Waals surface area contributed by atoms with Gasteiger partial charge in [0.25, 0.3) is 0 Å².